The quantitative estimate of drug-likeness (QED) is 0.794. The van der Waals surface area contributed by atoms with Gasteiger partial charge in [-0.15, -0.1) is 0 Å². The Balaban J connectivity index is 3.11. The van der Waals surface area contributed by atoms with Gasteiger partial charge in [-0.1, -0.05) is 12.1 Å². The summed E-state index contributed by atoms with van der Waals surface area (Å²) in [6.07, 6.45) is -2.69. The molecule has 0 fully saturated rings. The van der Waals surface area contributed by atoms with Gasteiger partial charge in [-0.05, 0) is 31.8 Å². The fourth-order valence-electron chi connectivity index (χ4n) is 1.36. The summed E-state index contributed by atoms with van der Waals surface area (Å²) in [5.74, 6) is 0. The van der Waals surface area contributed by atoms with Crippen LogP contribution in [0, 0.1) is 0 Å². The highest BCUT2D eigenvalue weighted by atomic mass is 19.4. The average Bonchev–Trinajstić information content (AvgIpc) is 2.17. The number of alkyl halides is 3. The van der Waals surface area contributed by atoms with Gasteiger partial charge in [-0.3, -0.25) is 9.69 Å². The van der Waals surface area contributed by atoms with Crippen LogP contribution in [0.1, 0.15) is 17.2 Å². The molecule has 0 spiro atoms. The monoisotopic (exact) mass is 230 g/mol. The second-order valence-corrected chi connectivity index (χ2v) is 3.61. The van der Waals surface area contributed by atoms with E-state index in [1.807, 2.05) is 0 Å². The normalized spacial score (nSPS) is 13.9. The third-order valence-corrected chi connectivity index (χ3v) is 2.16. The lowest BCUT2D eigenvalue weighted by Crippen LogP contribution is -2.21. The van der Waals surface area contributed by atoms with Crippen molar-refractivity contribution >= 4 is 6.29 Å². The first-order valence-corrected chi connectivity index (χ1v) is 4.57. The highest BCUT2D eigenvalue weighted by Gasteiger charge is 2.31. The van der Waals surface area contributed by atoms with Gasteiger partial charge in [0.15, 0.2) is 0 Å². The van der Waals surface area contributed by atoms with Gasteiger partial charge in [0, 0.05) is 0 Å². The van der Waals surface area contributed by atoms with Crippen LogP contribution in [0.3, 0.4) is 0 Å². The summed E-state index contributed by atoms with van der Waals surface area (Å²) in [6.45, 7) is 0. The van der Waals surface area contributed by atoms with Crippen molar-refractivity contribution in [3.05, 3.63) is 35.4 Å². The fraction of sp³-hybridized carbons (Fsp3) is 0.364. The maximum absolute atomic E-state index is 12.4. The first-order chi connectivity index (χ1) is 7.36. The second-order valence-electron chi connectivity index (χ2n) is 3.61. The molecule has 0 heterocycles. The Morgan fingerprint density at radius 2 is 1.94 bits per heavy atom. The summed E-state index contributed by atoms with van der Waals surface area (Å²) in [4.78, 5) is 12.2. The molecular formula is C11H11F3NO. The molecule has 0 saturated heterocycles. The lowest BCUT2D eigenvalue weighted by molar-refractivity contribution is -0.137. The molecule has 1 unspecified atom stereocenters. The number of rotatable bonds is 3. The topological polar surface area (TPSA) is 20.3 Å². The van der Waals surface area contributed by atoms with Crippen molar-refractivity contribution in [1.82, 2.24) is 4.90 Å². The molecule has 0 bridgehead atoms. The van der Waals surface area contributed by atoms with Gasteiger partial charge in [0.1, 0.15) is 6.04 Å². The van der Waals surface area contributed by atoms with Crippen LogP contribution in [0.25, 0.3) is 0 Å². The van der Waals surface area contributed by atoms with E-state index in [4.69, 9.17) is 0 Å². The summed E-state index contributed by atoms with van der Waals surface area (Å²) in [7, 11) is 3.21. The second kappa shape index (κ2) is 4.65. The van der Waals surface area contributed by atoms with Gasteiger partial charge >= 0.3 is 6.18 Å². The van der Waals surface area contributed by atoms with E-state index in [1.165, 1.54) is 17.0 Å². The zero-order valence-corrected chi connectivity index (χ0v) is 8.88. The molecule has 1 atom stereocenters. The van der Waals surface area contributed by atoms with Crippen LogP contribution < -0.4 is 0 Å². The van der Waals surface area contributed by atoms with Crippen LogP contribution in [0.5, 0.6) is 0 Å². The molecule has 0 N–H and O–H groups in total. The molecule has 5 heteroatoms. The lowest BCUT2D eigenvalue weighted by Gasteiger charge is -2.19. The van der Waals surface area contributed by atoms with Crippen molar-refractivity contribution < 1.29 is 18.0 Å². The van der Waals surface area contributed by atoms with Crippen molar-refractivity contribution in [2.75, 3.05) is 14.1 Å². The standard InChI is InChI=1S/C11H11F3NO/c1-15(2)10(7-16)8-4-3-5-9(6-8)11(12,13)14/h3-6,10H,1-2H3. The first kappa shape index (κ1) is 12.7. The molecule has 1 rings (SSSR count). The number of hydrogen-bond acceptors (Lipinski definition) is 2. The highest BCUT2D eigenvalue weighted by molar-refractivity contribution is 5.62. The third-order valence-electron chi connectivity index (χ3n) is 2.16. The zero-order valence-electron chi connectivity index (χ0n) is 8.88. The molecule has 16 heavy (non-hydrogen) atoms. The van der Waals surface area contributed by atoms with Crippen molar-refractivity contribution in [3.63, 3.8) is 0 Å². The Morgan fingerprint density at radius 3 is 2.38 bits per heavy atom. The molecule has 1 radical (unpaired) electrons. The van der Waals surface area contributed by atoms with E-state index >= 15 is 0 Å². The van der Waals surface area contributed by atoms with Gasteiger partial charge in [-0.2, -0.15) is 13.2 Å². The molecule has 0 aliphatic heterocycles. The van der Waals surface area contributed by atoms with Crippen molar-refractivity contribution in [2.45, 2.75) is 12.2 Å². The summed E-state index contributed by atoms with van der Waals surface area (Å²) in [5.41, 5.74) is -0.470. The van der Waals surface area contributed by atoms with Gasteiger partial charge in [-0.25, -0.2) is 0 Å². The number of likely N-dealkylation sites (N-methyl/N-ethyl adjacent to an activating group) is 1. The van der Waals surface area contributed by atoms with E-state index in [0.717, 1.165) is 12.1 Å². The van der Waals surface area contributed by atoms with Crippen molar-refractivity contribution in [3.8, 4) is 0 Å². The van der Waals surface area contributed by atoms with E-state index < -0.39 is 17.8 Å². The lowest BCUT2D eigenvalue weighted by atomic mass is 10.0. The number of nitrogens with zero attached hydrogens (tertiary/aromatic N) is 1. The fourth-order valence-corrected chi connectivity index (χ4v) is 1.36. The molecule has 87 valence electrons. The number of halogens is 3. The largest absolute Gasteiger partial charge is 0.416 e. The molecule has 1 aromatic rings. The maximum atomic E-state index is 12.4. The smallest absolute Gasteiger partial charge is 0.296 e. The molecule has 2 nitrogen and oxygen atoms in total. The van der Waals surface area contributed by atoms with Gasteiger partial charge < -0.3 is 0 Å². The summed E-state index contributed by atoms with van der Waals surface area (Å²) in [6, 6.07) is 3.93. The average molecular weight is 230 g/mol. The Hall–Kier alpha value is -1.36. The highest BCUT2D eigenvalue weighted by Crippen LogP contribution is 2.31. The molecule has 0 saturated carbocycles. The van der Waals surface area contributed by atoms with E-state index in [0.29, 0.717) is 0 Å². The minimum Gasteiger partial charge on any atom is -0.296 e. The first-order valence-electron chi connectivity index (χ1n) is 4.57. The predicted octanol–water partition coefficient (Wildman–Crippen LogP) is 2.42. The maximum Gasteiger partial charge on any atom is 0.416 e. The van der Waals surface area contributed by atoms with E-state index in [1.54, 1.807) is 20.4 Å². The van der Waals surface area contributed by atoms with Crippen molar-refractivity contribution in [2.24, 2.45) is 0 Å². The van der Waals surface area contributed by atoms with Gasteiger partial charge in [0.05, 0.1) is 5.56 Å². The van der Waals surface area contributed by atoms with Gasteiger partial charge in [0.2, 0.25) is 6.29 Å². The Morgan fingerprint density at radius 1 is 1.31 bits per heavy atom. The van der Waals surface area contributed by atoms with E-state index in [9.17, 15) is 18.0 Å². The van der Waals surface area contributed by atoms with E-state index in [-0.39, 0.29) is 5.56 Å². The Bertz CT molecular complexity index is 374. The summed E-state index contributed by atoms with van der Waals surface area (Å²) < 4.78 is 37.3. The van der Waals surface area contributed by atoms with Crippen molar-refractivity contribution in [1.29, 1.82) is 0 Å². The SMILES string of the molecule is CN(C)C([C]=O)c1cccc(C(F)(F)F)c1. The molecular weight excluding hydrogens is 219 g/mol. The predicted molar refractivity (Wildman–Crippen MR) is 53.6 cm³/mol. The van der Waals surface area contributed by atoms with Gasteiger partial charge in [0.25, 0.3) is 0 Å². The van der Waals surface area contributed by atoms with Crippen LogP contribution in [-0.4, -0.2) is 25.3 Å². The molecule has 0 amide bonds. The summed E-state index contributed by atoms with van der Waals surface area (Å²) in [5, 5.41) is 0. The van der Waals surface area contributed by atoms with E-state index in [2.05, 4.69) is 0 Å². The molecule has 1 aromatic carbocycles. The minimum absolute atomic E-state index is 0.287. The van der Waals surface area contributed by atoms with Crippen LogP contribution in [0.15, 0.2) is 24.3 Å². The zero-order chi connectivity index (χ0) is 12.3. The van der Waals surface area contributed by atoms with Crippen LogP contribution in [-0.2, 0) is 11.0 Å². The number of hydrogen-bond donors (Lipinski definition) is 0. The molecule has 0 aliphatic rings. The molecule has 0 aliphatic carbocycles. The summed E-state index contributed by atoms with van der Waals surface area (Å²) >= 11 is 0. The number of benzene rings is 1. The van der Waals surface area contributed by atoms with Crippen LogP contribution >= 0.6 is 0 Å². The number of carbonyl (C=O) groups excluding carboxylic acids is 1. The van der Waals surface area contributed by atoms with Crippen LogP contribution in [0.2, 0.25) is 0 Å². The Labute approximate surface area is 91.7 Å². The Kier molecular flexibility index (Phi) is 3.70. The minimum atomic E-state index is -4.39. The molecule has 0 aromatic heterocycles. The third kappa shape index (κ3) is 2.82. The van der Waals surface area contributed by atoms with Crippen LogP contribution in [0.4, 0.5) is 13.2 Å².